The summed E-state index contributed by atoms with van der Waals surface area (Å²) >= 11 is 1.64. The van der Waals surface area contributed by atoms with Gasteiger partial charge in [0.05, 0.1) is 23.4 Å². The highest BCUT2D eigenvalue weighted by molar-refractivity contribution is 7.09. The van der Waals surface area contributed by atoms with Crippen molar-refractivity contribution in [3.8, 4) is 11.5 Å². The van der Waals surface area contributed by atoms with Crippen LogP contribution in [0, 0.1) is 6.92 Å². The third kappa shape index (κ3) is 2.46. The van der Waals surface area contributed by atoms with Gasteiger partial charge < -0.3 is 9.47 Å². The molecule has 0 radical (unpaired) electrons. The number of carbonyl (C=O) groups excluding carboxylic acids is 1. The average Bonchev–Trinajstić information content (AvgIpc) is 2.97. The zero-order valence-corrected chi connectivity index (χ0v) is 11.3. The van der Waals surface area contributed by atoms with E-state index in [0.717, 1.165) is 17.9 Å². The van der Waals surface area contributed by atoms with Crippen molar-refractivity contribution in [2.75, 3.05) is 13.2 Å². The standard InChI is InChI=1S/C14H13NO3S/c1-9-14(19-8-15-9)4-5-17-10-2-3-11-12(16)7-18-13(11)6-10/h2-3,6,8H,4-5,7H2,1H3. The molecule has 1 aliphatic rings. The Labute approximate surface area is 115 Å². The van der Waals surface area contributed by atoms with E-state index in [0.29, 0.717) is 17.9 Å². The van der Waals surface area contributed by atoms with Gasteiger partial charge in [-0.05, 0) is 19.1 Å². The number of aryl methyl sites for hydroxylation is 1. The van der Waals surface area contributed by atoms with Crippen LogP contribution in [0.25, 0.3) is 0 Å². The number of ketones is 1. The fourth-order valence-electron chi connectivity index (χ4n) is 1.99. The number of carbonyl (C=O) groups is 1. The molecule has 1 aromatic carbocycles. The van der Waals surface area contributed by atoms with Crippen LogP contribution in [0.3, 0.4) is 0 Å². The summed E-state index contributed by atoms with van der Waals surface area (Å²) in [5.41, 5.74) is 3.56. The topological polar surface area (TPSA) is 48.4 Å². The van der Waals surface area contributed by atoms with Crippen molar-refractivity contribution in [1.82, 2.24) is 4.98 Å². The largest absolute Gasteiger partial charge is 0.493 e. The highest BCUT2D eigenvalue weighted by Crippen LogP contribution is 2.29. The summed E-state index contributed by atoms with van der Waals surface area (Å²) in [6.07, 6.45) is 0.841. The Balaban J connectivity index is 1.62. The Bertz CT molecular complexity index is 621. The van der Waals surface area contributed by atoms with E-state index in [2.05, 4.69) is 4.98 Å². The van der Waals surface area contributed by atoms with E-state index in [1.54, 1.807) is 23.5 Å². The van der Waals surface area contributed by atoms with Gasteiger partial charge in [0, 0.05) is 17.4 Å². The number of Topliss-reactive ketones (excluding diaryl/α,β-unsaturated/α-hetero) is 1. The predicted molar refractivity (Wildman–Crippen MR) is 72.3 cm³/mol. The molecule has 98 valence electrons. The lowest BCUT2D eigenvalue weighted by Crippen LogP contribution is -2.01. The van der Waals surface area contributed by atoms with Crippen molar-refractivity contribution < 1.29 is 14.3 Å². The quantitative estimate of drug-likeness (QED) is 0.860. The first kappa shape index (κ1) is 12.2. The van der Waals surface area contributed by atoms with Gasteiger partial charge in [-0.2, -0.15) is 0 Å². The van der Waals surface area contributed by atoms with Gasteiger partial charge in [0.2, 0.25) is 5.78 Å². The maximum Gasteiger partial charge on any atom is 0.203 e. The van der Waals surface area contributed by atoms with E-state index < -0.39 is 0 Å². The molecule has 0 aliphatic carbocycles. The maximum atomic E-state index is 11.4. The molecule has 2 aromatic rings. The van der Waals surface area contributed by atoms with E-state index in [9.17, 15) is 4.79 Å². The minimum absolute atomic E-state index is 0.0295. The van der Waals surface area contributed by atoms with Crippen LogP contribution in [0.2, 0.25) is 0 Å². The summed E-state index contributed by atoms with van der Waals surface area (Å²) in [6.45, 7) is 2.73. The lowest BCUT2D eigenvalue weighted by molar-refractivity contribution is 0.0961. The lowest BCUT2D eigenvalue weighted by Gasteiger charge is -2.06. The zero-order chi connectivity index (χ0) is 13.2. The third-order valence-electron chi connectivity index (χ3n) is 3.05. The molecule has 0 fully saturated rings. The molecule has 0 N–H and O–H groups in total. The fourth-order valence-corrected chi connectivity index (χ4v) is 2.75. The number of hydrogen-bond donors (Lipinski definition) is 0. The molecule has 19 heavy (non-hydrogen) atoms. The fraction of sp³-hybridized carbons (Fsp3) is 0.286. The van der Waals surface area contributed by atoms with Crippen LogP contribution in [0.5, 0.6) is 11.5 Å². The average molecular weight is 275 g/mol. The number of ether oxygens (including phenoxy) is 2. The number of nitrogens with zero attached hydrogens (tertiary/aromatic N) is 1. The van der Waals surface area contributed by atoms with Crippen molar-refractivity contribution in [1.29, 1.82) is 0 Å². The first-order chi connectivity index (χ1) is 9.24. The second-order valence-electron chi connectivity index (χ2n) is 4.33. The van der Waals surface area contributed by atoms with Crippen molar-refractivity contribution in [3.05, 3.63) is 39.8 Å². The third-order valence-corrected chi connectivity index (χ3v) is 4.05. The van der Waals surface area contributed by atoms with Gasteiger partial charge in [-0.1, -0.05) is 0 Å². The van der Waals surface area contributed by atoms with Gasteiger partial charge in [-0.3, -0.25) is 4.79 Å². The SMILES string of the molecule is Cc1ncsc1CCOc1ccc2c(c1)OCC2=O. The first-order valence-electron chi connectivity index (χ1n) is 6.06. The smallest absolute Gasteiger partial charge is 0.203 e. The zero-order valence-electron chi connectivity index (χ0n) is 10.5. The number of thiazole rings is 1. The van der Waals surface area contributed by atoms with E-state index in [1.807, 2.05) is 18.5 Å². The Morgan fingerprint density at radius 2 is 2.37 bits per heavy atom. The van der Waals surface area contributed by atoms with Gasteiger partial charge in [0.1, 0.15) is 11.5 Å². The van der Waals surface area contributed by atoms with Crippen molar-refractivity contribution in [3.63, 3.8) is 0 Å². The van der Waals surface area contributed by atoms with Crippen molar-refractivity contribution in [2.24, 2.45) is 0 Å². The van der Waals surface area contributed by atoms with Crippen LogP contribution in [-0.2, 0) is 6.42 Å². The first-order valence-corrected chi connectivity index (χ1v) is 6.94. The second-order valence-corrected chi connectivity index (χ2v) is 5.27. The monoisotopic (exact) mass is 275 g/mol. The van der Waals surface area contributed by atoms with Crippen LogP contribution < -0.4 is 9.47 Å². The molecule has 0 saturated heterocycles. The van der Waals surface area contributed by atoms with Crippen molar-refractivity contribution in [2.45, 2.75) is 13.3 Å². The van der Waals surface area contributed by atoms with Crippen LogP contribution in [-0.4, -0.2) is 24.0 Å². The summed E-state index contributed by atoms with van der Waals surface area (Å²) in [5.74, 6) is 1.38. The van der Waals surface area contributed by atoms with Crippen LogP contribution in [0.4, 0.5) is 0 Å². The Morgan fingerprint density at radius 3 is 3.16 bits per heavy atom. The molecule has 1 aliphatic heterocycles. The van der Waals surface area contributed by atoms with Gasteiger partial charge >= 0.3 is 0 Å². The van der Waals surface area contributed by atoms with E-state index in [1.165, 1.54) is 4.88 Å². The Hall–Kier alpha value is -1.88. The normalized spacial score (nSPS) is 13.2. The molecular weight excluding hydrogens is 262 g/mol. The minimum Gasteiger partial charge on any atom is -0.493 e. The molecule has 4 nitrogen and oxygen atoms in total. The second kappa shape index (κ2) is 5.01. The molecule has 0 spiro atoms. The molecule has 2 heterocycles. The Morgan fingerprint density at radius 1 is 1.47 bits per heavy atom. The molecular formula is C14H13NO3S. The number of hydrogen-bond acceptors (Lipinski definition) is 5. The summed E-state index contributed by atoms with van der Waals surface area (Å²) < 4.78 is 11.0. The van der Waals surface area contributed by atoms with E-state index in [4.69, 9.17) is 9.47 Å². The minimum atomic E-state index is 0.0295. The molecule has 0 unspecified atom stereocenters. The number of aromatic nitrogens is 1. The van der Waals surface area contributed by atoms with Gasteiger partial charge in [-0.25, -0.2) is 4.98 Å². The number of fused-ring (bicyclic) bond motifs is 1. The molecule has 3 rings (SSSR count). The molecule has 0 amide bonds. The van der Waals surface area contributed by atoms with E-state index in [-0.39, 0.29) is 12.4 Å². The van der Waals surface area contributed by atoms with Crippen LogP contribution in [0.15, 0.2) is 23.7 Å². The summed E-state index contributed by atoms with van der Waals surface area (Å²) in [5, 5.41) is 0. The van der Waals surface area contributed by atoms with Gasteiger partial charge in [-0.15, -0.1) is 11.3 Å². The summed E-state index contributed by atoms with van der Waals surface area (Å²) in [6, 6.07) is 5.35. The molecule has 0 bridgehead atoms. The molecule has 0 saturated carbocycles. The molecule has 0 atom stereocenters. The van der Waals surface area contributed by atoms with E-state index >= 15 is 0 Å². The summed E-state index contributed by atoms with van der Waals surface area (Å²) in [4.78, 5) is 16.9. The maximum absolute atomic E-state index is 11.4. The highest BCUT2D eigenvalue weighted by atomic mass is 32.1. The van der Waals surface area contributed by atoms with Gasteiger partial charge in [0.25, 0.3) is 0 Å². The molecule has 1 aromatic heterocycles. The summed E-state index contributed by atoms with van der Waals surface area (Å²) in [7, 11) is 0. The van der Waals surface area contributed by atoms with Crippen LogP contribution in [0.1, 0.15) is 20.9 Å². The number of rotatable bonds is 4. The highest BCUT2D eigenvalue weighted by Gasteiger charge is 2.21. The van der Waals surface area contributed by atoms with Crippen LogP contribution >= 0.6 is 11.3 Å². The predicted octanol–water partition coefficient (Wildman–Crippen LogP) is 2.65. The van der Waals surface area contributed by atoms with Gasteiger partial charge in [0.15, 0.2) is 6.61 Å². The number of benzene rings is 1. The Kier molecular flexibility index (Phi) is 3.21. The molecule has 5 heteroatoms. The lowest BCUT2D eigenvalue weighted by atomic mass is 10.1. The van der Waals surface area contributed by atoms with Crippen molar-refractivity contribution >= 4 is 17.1 Å².